The third-order valence-electron chi connectivity index (χ3n) is 8.92. The number of aromatic carboxylic acids is 1. The predicted molar refractivity (Wildman–Crippen MR) is 157 cm³/mol. The lowest BCUT2D eigenvalue weighted by molar-refractivity contribution is -0.0593. The molecule has 0 amide bonds. The Hall–Kier alpha value is -4.53. The number of fused-ring (bicyclic) bond motifs is 3. The fraction of sp³-hybridized carbons (Fsp3) is 0.394. The molecule has 1 aliphatic carbocycles. The second-order valence-electron chi connectivity index (χ2n) is 11.8. The quantitative estimate of drug-likeness (QED) is 0.275. The smallest absolute Gasteiger partial charge is 0.335 e. The minimum atomic E-state index is -0.951. The van der Waals surface area contributed by atoms with E-state index in [0.29, 0.717) is 36.5 Å². The van der Waals surface area contributed by atoms with Crippen LogP contribution in [0.3, 0.4) is 0 Å². The molecular formula is C33H32FN5O5. The van der Waals surface area contributed by atoms with Crippen molar-refractivity contribution in [2.24, 2.45) is 11.8 Å². The number of aromatic nitrogens is 3. The molecule has 10 nitrogen and oxygen atoms in total. The first kappa shape index (κ1) is 28.3. The second kappa shape index (κ2) is 11.9. The number of halogens is 1. The van der Waals surface area contributed by atoms with Crippen molar-refractivity contribution in [1.82, 2.24) is 19.4 Å². The third-order valence-corrected chi connectivity index (χ3v) is 8.92. The van der Waals surface area contributed by atoms with Crippen LogP contribution in [-0.2, 0) is 24.4 Å². The number of carboxylic acids is 1. The van der Waals surface area contributed by atoms with Crippen LogP contribution in [0, 0.1) is 29.0 Å². The summed E-state index contributed by atoms with van der Waals surface area (Å²) < 4.78 is 34.2. The average molecular weight is 598 g/mol. The molecule has 7 rings (SSSR count). The van der Waals surface area contributed by atoms with Gasteiger partial charge in [-0.3, -0.25) is 4.90 Å². The molecule has 4 heterocycles. The lowest BCUT2D eigenvalue weighted by atomic mass is 9.95. The zero-order chi connectivity index (χ0) is 30.2. The molecule has 2 aromatic carbocycles. The Morgan fingerprint density at radius 2 is 1.91 bits per heavy atom. The number of ether oxygens (including phenoxy) is 3. The van der Waals surface area contributed by atoms with Crippen molar-refractivity contribution in [2.45, 2.75) is 51.2 Å². The Labute approximate surface area is 253 Å². The van der Waals surface area contributed by atoms with Crippen molar-refractivity contribution < 1.29 is 28.5 Å². The number of carboxylic acid groups (broad SMARTS) is 1. The molecule has 2 saturated heterocycles. The van der Waals surface area contributed by atoms with Gasteiger partial charge in [-0.1, -0.05) is 6.07 Å². The summed E-state index contributed by atoms with van der Waals surface area (Å²) in [5, 5.41) is 18.5. The Balaban J connectivity index is 1.02. The largest absolute Gasteiger partial charge is 0.484 e. The molecule has 3 fully saturated rings. The summed E-state index contributed by atoms with van der Waals surface area (Å²) in [5.41, 5.74) is 2.73. The highest BCUT2D eigenvalue weighted by atomic mass is 19.1. The van der Waals surface area contributed by atoms with E-state index in [9.17, 15) is 14.3 Å². The number of benzene rings is 2. The summed E-state index contributed by atoms with van der Waals surface area (Å²) in [7, 11) is 0. The van der Waals surface area contributed by atoms with E-state index in [2.05, 4.69) is 14.5 Å². The van der Waals surface area contributed by atoms with Gasteiger partial charge in [-0.25, -0.2) is 19.2 Å². The number of hydrogen-bond donors (Lipinski definition) is 1. The molecule has 0 radical (unpaired) electrons. The third kappa shape index (κ3) is 5.70. The van der Waals surface area contributed by atoms with Crippen LogP contribution in [0.1, 0.15) is 46.7 Å². The summed E-state index contributed by atoms with van der Waals surface area (Å²) >= 11 is 0. The van der Waals surface area contributed by atoms with Gasteiger partial charge < -0.3 is 23.9 Å². The summed E-state index contributed by atoms with van der Waals surface area (Å²) in [4.78, 5) is 23.6. The minimum absolute atomic E-state index is 0.0474. The number of imidazole rings is 1. The molecule has 3 aliphatic rings. The van der Waals surface area contributed by atoms with Gasteiger partial charge in [0.1, 0.15) is 18.5 Å². The molecule has 4 aromatic rings. The highest BCUT2D eigenvalue weighted by Gasteiger charge is 2.44. The first-order valence-corrected chi connectivity index (χ1v) is 14.9. The van der Waals surface area contributed by atoms with Crippen molar-refractivity contribution in [2.75, 3.05) is 19.7 Å². The normalized spacial score (nSPS) is 22.8. The van der Waals surface area contributed by atoms with Gasteiger partial charge in [-0.05, 0) is 61.7 Å². The molecular weight excluding hydrogens is 565 g/mol. The van der Waals surface area contributed by atoms with Crippen LogP contribution in [-0.4, -0.2) is 62.4 Å². The van der Waals surface area contributed by atoms with Crippen LogP contribution in [0.25, 0.3) is 11.0 Å². The highest BCUT2D eigenvalue weighted by Crippen LogP contribution is 2.40. The van der Waals surface area contributed by atoms with Crippen molar-refractivity contribution >= 4 is 17.0 Å². The summed E-state index contributed by atoms with van der Waals surface area (Å²) in [5.74, 6) is 0.662. The zero-order valence-electron chi connectivity index (χ0n) is 24.1. The minimum Gasteiger partial charge on any atom is -0.484 e. The molecule has 2 bridgehead atoms. The number of piperidine rings is 1. The van der Waals surface area contributed by atoms with E-state index < -0.39 is 11.8 Å². The SMILES string of the molecule is N#Cc1ccc(OCc2cccc(OC3C4CCC3CN(Cc3nc5ccc(C(=O)O)cc5n3C[C@@H]3CCO3)C4)n2)c(F)c1. The number of rotatable bonds is 10. The maximum absolute atomic E-state index is 14.2. The second-order valence-corrected chi connectivity index (χ2v) is 11.8. The fourth-order valence-electron chi connectivity index (χ4n) is 6.64. The molecule has 2 aliphatic heterocycles. The van der Waals surface area contributed by atoms with Crippen LogP contribution < -0.4 is 9.47 Å². The maximum Gasteiger partial charge on any atom is 0.335 e. The van der Waals surface area contributed by atoms with Crippen LogP contribution >= 0.6 is 0 Å². The van der Waals surface area contributed by atoms with E-state index in [0.717, 1.165) is 61.9 Å². The van der Waals surface area contributed by atoms with Gasteiger partial charge in [0.25, 0.3) is 0 Å². The Morgan fingerprint density at radius 1 is 1.09 bits per heavy atom. The van der Waals surface area contributed by atoms with E-state index >= 15 is 0 Å². The van der Waals surface area contributed by atoms with Crippen molar-refractivity contribution in [1.29, 1.82) is 5.26 Å². The highest BCUT2D eigenvalue weighted by molar-refractivity contribution is 5.92. The van der Waals surface area contributed by atoms with E-state index in [-0.39, 0.29) is 35.7 Å². The van der Waals surface area contributed by atoms with Gasteiger partial charge in [0, 0.05) is 37.6 Å². The van der Waals surface area contributed by atoms with E-state index in [1.165, 1.54) is 12.1 Å². The number of nitriles is 1. The summed E-state index contributed by atoms with van der Waals surface area (Å²) in [6.07, 6.45) is 3.29. The van der Waals surface area contributed by atoms with Crippen molar-refractivity contribution in [3.05, 3.63) is 83.1 Å². The van der Waals surface area contributed by atoms with Gasteiger partial charge >= 0.3 is 5.97 Å². The fourth-order valence-corrected chi connectivity index (χ4v) is 6.64. The molecule has 0 spiro atoms. The van der Waals surface area contributed by atoms with E-state index in [1.54, 1.807) is 18.2 Å². The van der Waals surface area contributed by atoms with E-state index in [4.69, 9.17) is 24.5 Å². The standard InChI is InChI=1S/C33H32FN5O5/c34-26-12-20(14-35)4-9-29(26)43-19-24-2-1-3-31(36-24)44-32-22-5-6-23(32)16-38(15-22)18-30-37-27-8-7-21(33(40)41)13-28(27)39(30)17-25-10-11-42-25/h1-4,7-9,12-13,22-23,25,32H,5-6,10-11,15-19H2,(H,40,41)/t22?,23?,25-,32?/m0/s1. The number of carbonyl (C=O) groups is 1. The van der Waals surface area contributed by atoms with Gasteiger partial charge in [0.05, 0.1) is 53.1 Å². The molecule has 226 valence electrons. The first-order valence-electron chi connectivity index (χ1n) is 14.9. The zero-order valence-corrected chi connectivity index (χ0v) is 24.1. The van der Waals surface area contributed by atoms with Gasteiger partial charge in [0.2, 0.25) is 5.88 Å². The average Bonchev–Trinajstić information content (AvgIpc) is 3.44. The molecule has 1 N–H and O–H groups in total. The number of nitrogens with zero attached hydrogens (tertiary/aromatic N) is 5. The predicted octanol–water partition coefficient (Wildman–Crippen LogP) is 4.80. The summed E-state index contributed by atoms with van der Waals surface area (Å²) in [6.45, 7) is 3.89. The lowest BCUT2D eigenvalue weighted by Crippen LogP contribution is -2.47. The number of pyridine rings is 1. The Bertz CT molecular complexity index is 1730. The first-order chi connectivity index (χ1) is 21.4. The Morgan fingerprint density at radius 3 is 2.61 bits per heavy atom. The molecule has 11 heteroatoms. The van der Waals surface area contributed by atoms with Gasteiger partial charge in [0.15, 0.2) is 11.6 Å². The van der Waals surface area contributed by atoms with Crippen LogP contribution in [0.2, 0.25) is 0 Å². The van der Waals surface area contributed by atoms with Gasteiger partial charge in [-0.15, -0.1) is 0 Å². The number of likely N-dealkylation sites (tertiary alicyclic amines) is 1. The molecule has 3 atom stereocenters. The Kier molecular flexibility index (Phi) is 7.62. The molecule has 2 unspecified atom stereocenters. The number of hydrogen-bond acceptors (Lipinski definition) is 8. The van der Waals surface area contributed by atoms with E-state index in [1.807, 2.05) is 24.3 Å². The monoisotopic (exact) mass is 597 g/mol. The molecule has 1 saturated carbocycles. The van der Waals surface area contributed by atoms with Crippen LogP contribution in [0.5, 0.6) is 11.6 Å². The van der Waals surface area contributed by atoms with Crippen LogP contribution in [0.15, 0.2) is 54.6 Å². The topological polar surface area (TPSA) is 123 Å². The summed E-state index contributed by atoms with van der Waals surface area (Å²) in [6, 6.07) is 16.6. The maximum atomic E-state index is 14.2. The molecule has 44 heavy (non-hydrogen) atoms. The van der Waals surface area contributed by atoms with Gasteiger partial charge in [-0.2, -0.15) is 5.26 Å². The van der Waals surface area contributed by atoms with Crippen molar-refractivity contribution in [3.8, 4) is 17.7 Å². The van der Waals surface area contributed by atoms with Crippen LogP contribution in [0.4, 0.5) is 4.39 Å². The molecule has 2 aromatic heterocycles. The lowest BCUT2D eigenvalue weighted by Gasteiger charge is -2.37. The van der Waals surface area contributed by atoms with Crippen molar-refractivity contribution in [3.63, 3.8) is 0 Å².